The largest absolute Gasteiger partial charge is 0.497 e. The lowest BCUT2D eigenvalue weighted by atomic mass is 10.0. The molecule has 0 aliphatic carbocycles. The number of rotatable bonds is 5. The van der Waals surface area contributed by atoms with Crippen LogP contribution in [0.5, 0.6) is 11.5 Å². The number of fused-ring (bicyclic) bond motifs is 3. The number of alkyl halides is 2. The van der Waals surface area contributed by atoms with Gasteiger partial charge in [0.15, 0.2) is 0 Å². The molecule has 7 heteroatoms. The van der Waals surface area contributed by atoms with E-state index in [1.165, 1.54) is 12.1 Å². The SMILES string of the molecule is COc1ccc(C2C=C(c3ccc(OC(F)F)cc3)Nc3nc4ccccc4n32)cc1. The van der Waals surface area contributed by atoms with Crippen LogP contribution in [0.3, 0.4) is 0 Å². The molecule has 0 fully saturated rings. The molecule has 1 aliphatic rings. The summed E-state index contributed by atoms with van der Waals surface area (Å²) in [6.07, 6.45) is 2.10. The fraction of sp³-hybridized carbons (Fsp3) is 0.125. The molecular weight excluding hydrogens is 400 g/mol. The maximum atomic E-state index is 12.5. The summed E-state index contributed by atoms with van der Waals surface area (Å²) in [5.41, 5.74) is 4.66. The number of hydrogen-bond donors (Lipinski definition) is 1. The van der Waals surface area contributed by atoms with Crippen molar-refractivity contribution in [3.8, 4) is 11.5 Å². The van der Waals surface area contributed by atoms with Gasteiger partial charge in [-0.05, 0) is 65.7 Å². The van der Waals surface area contributed by atoms with Crippen molar-refractivity contribution in [1.82, 2.24) is 9.55 Å². The molecule has 2 heterocycles. The van der Waals surface area contributed by atoms with E-state index < -0.39 is 6.61 Å². The lowest BCUT2D eigenvalue weighted by Gasteiger charge is -2.27. The Morgan fingerprint density at radius 3 is 2.35 bits per heavy atom. The number of ether oxygens (including phenoxy) is 2. The van der Waals surface area contributed by atoms with E-state index in [9.17, 15) is 8.78 Å². The van der Waals surface area contributed by atoms with Crippen LogP contribution in [0.2, 0.25) is 0 Å². The predicted molar refractivity (Wildman–Crippen MR) is 116 cm³/mol. The van der Waals surface area contributed by atoms with Gasteiger partial charge in [-0.3, -0.25) is 4.57 Å². The van der Waals surface area contributed by atoms with Gasteiger partial charge in [-0.1, -0.05) is 24.3 Å². The fourth-order valence-electron chi connectivity index (χ4n) is 3.84. The first-order chi connectivity index (χ1) is 15.1. The molecule has 0 amide bonds. The van der Waals surface area contributed by atoms with Gasteiger partial charge in [-0.25, -0.2) is 4.98 Å². The van der Waals surface area contributed by atoms with Gasteiger partial charge in [0.1, 0.15) is 11.5 Å². The molecule has 0 bridgehead atoms. The average molecular weight is 419 g/mol. The van der Waals surface area contributed by atoms with Crippen LogP contribution in [-0.4, -0.2) is 23.3 Å². The normalized spacial score (nSPS) is 15.4. The molecule has 0 spiro atoms. The fourth-order valence-corrected chi connectivity index (χ4v) is 3.84. The van der Waals surface area contributed by atoms with Crippen molar-refractivity contribution >= 4 is 22.7 Å². The number of hydrogen-bond acceptors (Lipinski definition) is 4. The van der Waals surface area contributed by atoms with Gasteiger partial charge in [0.05, 0.1) is 24.2 Å². The van der Waals surface area contributed by atoms with Crippen LogP contribution in [0.1, 0.15) is 17.2 Å². The average Bonchev–Trinajstić information content (AvgIpc) is 3.17. The molecule has 156 valence electrons. The zero-order valence-corrected chi connectivity index (χ0v) is 16.6. The van der Waals surface area contributed by atoms with Crippen molar-refractivity contribution in [3.05, 3.63) is 90.0 Å². The van der Waals surface area contributed by atoms with Gasteiger partial charge in [0, 0.05) is 5.70 Å². The number of benzene rings is 3. The number of nitrogens with one attached hydrogen (secondary N) is 1. The summed E-state index contributed by atoms with van der Waals surface area (Å²) in [6, 6.07) is 22.3. The molecule has 0 radical (unpaired) electrons. The Kier molecular flexibility index (Phi) is 4.78. The van der Waals surface area contributed by atoms with Crippen LogP contribution >= 0.6 is 0 Å². The zero-order valence-electron chi connectivity index (χ0n) is 16.6. The topological polar surface area (TPSA) is 48.3 Å². The van der Waals surface area contributed by atoms with Crippen molar-refractivity contribution in [2.45, 2.75) is 12.7 Å². The Balaban J connectivity index is 1.59. The van der Waals surface area contributed by atoms with Gasteiger partial charge < -0.3 is 14.8 Å². The lowest BCUT2D eigenvalue weighted by molar-refractivity contribution is -0.0498. The molecule has 5 rings (SSSR count). The third-order valence-electron chi connectivity index (χ3n) is 5.29. The number of methoxy groups -OCH3 is 1. The predicted octanol–water partition coefficient (Wildman–Crippen LogP) is 5.70. The van der Waals surface area contributed by atoms with Crippen LogP contribution < -0.4 is 14.8 Å². The van der Waals surface area contributed by atoms with Crippen molar-refractivity contribution in [1.29, 1.82) is 0 Å². The monoisotopic (exact) mass is 419 g/mol. The van der Waals surface area contributed by atoms with E-state index in [0.29, 0.717) is 5.95 Å². The molecule has 3 aromatic carbocycles. The number of anilines is 1. The Morgan fingerprint density at radius 1 is 0.935 bits per heavy atom. The number of imidazole rings is 1. The minimum absolute atomic E-state index is 0.110. The molecule has 1 N–H and O–H groups in total. The first-order valence-corrected chi connectivity index (χ1v) is 9.77. The van der Waals surface area contributed by atoms with Crippen LogP contribution in [0.4, 0.5) is 14.7 Å². The van der Waals surface area contributed by atoms with Gasteiger partial charge in [-0.15, -0.1) is 0 Å². The van der Waals surface area contributed by atoms with E-state index in [2.05, 4.69) is 20.7 Å². The second kappa shape index (κ2) is 7.75. The van der Waals surface area contributed by atoms with Crippen LogP contribution in [0.15, 0.2) is 78.9 Å². The van der Waals surface area contributed by atoms with Gasteiger partial charge >= 0.3 is 6.61 Å². The summed E-state index contributed by atoms with van der Waals surface area (Å²) in [5.74, 6) is 1.62. The van der Waals surface area contributed by atoms with E-state index in [4.69, 9.17) is 9.72 Å². The first kappa shape index (κ1) is 19.1. The highest BCUT2D eigenvalue weighted by Crippen LogP contribution is 2.37. The Bertz CT molecular complexity index is 1250. The van der Waals surface area contributed by atoms with Crippen molar-refractivity contribution in [2.24, 2.45) is 0 Å². The minimum Gasteiger partial charge on any atom is -0.497 e. The van der Waals surface area contributed by atoms with E-state index in [0.717, 1.165) is 33.6 Å². The second-order valence-electron chi connectivity index (χ2n) is 7.12. The maximum absolute atomic E-state index is 12.5. The summed E-state index contributed by atoms with van der Waals surface area (Å²) < 4.78 is 36.8. The van der Waals surface area contributed by atoms with Crippen LogP contribution in [-0.2, 0) is 0 Å². The Morgan fingerprint density at radius 2 is 1.65 bits per heavy atom. The lowest BCUT2D eigenvalue weighted by Crippen LogP contribution is -2.19. The van der Waals surface area contributed by atoms with Gasteiger partial charge in [0.2, 0.25) is 5.95 Å². The molecule has 1 aliphatic heterocycles. The van der Waals surface area contributed by atoms with Crippen molar-refractivity contribution in [2.75, 3.05) is 12.4 Å². The standard InChI is InChI=1S/C24H19F2N3O2/c1-30-17-10-8-16(9-11-17)22-14-20(15-6-12-18(13-7-15)31-23(25)26)28-24-27-19-4-2-3-5-21(19)29(22)24/h2-14,22-23H,1H3,(H,27,28). The molecular formula is C24H19F2N3O2. The molecule has 1 atom stereocenters. The third kappa shape index (κ3) is 3.59. The summed E-state index contributed by atoms with van der Waals surface area (Å²) in [7, 11) is 1.64. The van der Waals surface area contributed by atoms with E-state index in [1.54, 1.807) is 19.2 Å². The number of para-hydroxylation sites is 2. The molecule has 4 aromatic rings. The molecule has 31 heavy (non-hydrogen) atoms. The second-order valence-corrected chi connectivity index (χ2v) is 7.12. The van der Waals surface area contributed by atoms with Gasteiger partial charge in [-0.2, -0.15) is 8.78 Å². The number of allylic oxidation sites excluding steroid dienone is 1. The van der Waals surface area contributed by atoms with Crippen LogP contribution in [0, 0.1) is 0 Å². The maximum Gasteiger partial charge on any atom is 0.387 e. The summed E-state index contributed by atoms with van der Waals surface area (Å²) in [6.45, 7) is -2.85. The Hall–Kier alpha value is -3.87. The highest BCUT2D eigenvalue weighted by molar-refractivity contribution is 5.85. The van der Waals surface area contributed by atoms with Gasteiger partial charge in [0.25, 0.3) is 0 Å². The minimum atomic E-state index is -2.85. The van der Waals surface area contributed by atoms with E-state index in [-0.39, 0.29) is 11.8 Å². The highest BCUT2D eigenvalue weighted by atomic mass is 19.3. The first-order valence-electron chi connectivity index (χ1n) is 9.77. The molecule has 0 saturated heterocycles. The van der Waals surface area contributed by atoms with Crippen molar-refractivity contribution in [3.63, 3.8) is 0 Å². The quantitative estimate of drug-likeness (QED) is 0.451. The van der Waals surface area contributed by atoms with Crippen LogP contribution in [0.25, 0.3) is 16.7 Å². The highest BCUT2D eigenvalue weighted by Gasteiger charge is 2.25. The summed E-state index contributed by atoms with van der Waals surface area (Å²) >= 11 is 0. The summed E-state index contributed by atoms with van der Waals surface area (Å²) in [4.78, 5) is 4.76. The number of nitrogens with zero attached hydrogens (tertiary/aromatic N) is 2. The molecule has 0 saturated carbocycles. The van der Waals surface area contributed by atoms with E-state index in [1.807, 2.05) is 48.5 Å². The third-order valence-corrected chi connectivity index (χ3v) is 5.29. The number of aromatic nitrogens is 2. The Labute approximate surface area is 177 Å². The molecule has 5 nitrogen and oxygen atoms in total. The molecule has 1 aromatic heterocycles. The molecule has 1 unspecified atom stereocenters. The number of halogens is 2. The van der Waals surface area contributed by atoms with E-state index >= 15 is 0 Å². The summed E-state index contributed by atoms with van der Waals surface area (Å²) in [5, 5.41) is 3.38. The zero-order chi connectivity index (χ0) is 21.4. The smallest absolute Gasteiger partial charge is 0.387 e. The van der Waals surface area contributed by atoms with Crippen molar-refractivity contribution < 1.29 is 18.3 Å².